The van der Waals surface area contributed by atoms with E-state index in [4.69, 9.17) is 4.74 Å². The molecule has 2 aliphatic rings. The zero-order valence-electron chi connectivity index (χ0n) is 11.6. The second-order valence-corrected chi connectivity index (χ2v) is 5.23. The first-order chi connectivity index (χ1) is 9.56. The highest BCUT2D eigenvalue weighted by atomic mass is 16.5. The number of hydrogen-bond donors (Lipinski definition) is 1. The number of esters is 1. The summed E-state index contributed by atoms with van der Waals surface area (Å²) in [5.74, 6) is -0.392. The largest absolute Gasteiger partial charge is 0.451 e. The molecule has 1 fully saturated rings. The van der Waals surface area contributed by atoms with Crippen LogP contribution in [0, 0.1) is 5.92 Å². The van der Waals surface area contributed by atoms with E-state index in [2.05, 4.69) is 17.5 Å². The van der Waals surface area contributed by atoms with Crippen LogP contribution >= 0.6 is 0 Å². The van der Waals surface area contributed by atoms with E-state index in [0.29, 0.717) is 19.0 Å². The lowest BCUT2D eigenvalue weighted by atomic mass is 9.99. The fraction of sp³-hybridized carbons (Fsp3) is 0.692. The van der Waals surface area contributed by atoms with Crippen LogP contribution in [0.4, 0.5) is 0 Å². The Morgan fingerprint density at radius 3 is 2.65 bits per heavy atom. The maximum Gasteiger partial charge on any atom is 0.355 e. The van der Waals surface area contributed by atoms with Crippen molar-refractivity contribution in [2.75, 3.05) is 19.7 Å². The molecular weight excluding hydrogens is 262 g/mol. The molecule has 0 aromatic rings. The van der Waals surface area contributed by atoms with Crippen molar-refractivity contribution in [3.05, 3.63) is 0 Å². The molecule has 2 aliphatic heterocycles. The molecule has 0 radical (unpaired) electrons. The average molecular weight is 281 g/mol. The Bertz CT molecular complexity index is 439. The minimum atomic E-state index is -0.635. The number of amides is 2. The fourth-order valence-corrected chi connectivity index (χ4v) is 2.18. The Morgan fingerprint density at radius 2 is 2.05 bits per heavy atom. The third-order valence-electron chi connectivity index (χ3n) is 3.60. The monoisotopic (exact) mass is 281 g/mol. The minimum absolute atomic E-state index is 0.157. The van der Waals surface area contributed by atoms with Crippen molar-refractivity contribution in [2.45, 2.75) is 32.6 Å². The normalized spacial score (nSPS) is 20.1. The van der Waals surface area contributed by atoms with Crippen molar-refractivity contribution in [3.8, 4) is 0 Å². The Kier molecular flexibility index (Phi) is 4.70. The third-order valence-corrected chi connectivity index (χ3v) is 3.60. The highest BCUT2D eigenvalue weighted by Gasteiger charge is 2.23. The zero-order valence-corrected chi connectivity index (χ0v) is 11.6. The molecule has 0 unspecified atom stereocenters. The molecule has 1 N–H and O–H groups in total. The van der Waals surface area contributed by atoms with Gasteiger partial charge < -0.3 is 9.64 Å². The maximum atomic E-state index is 11.9. The first-order valence-corrected chi connectivity index (χ1v) is 6.86. The van der Waals surface area contributed by atoms with Crippen LogP contribution < -0.4 is 5.43 Å². The van der Waals surface area contributed by atoms with Crippen molar-refractivity contribution in [1.29, 1.82) is 0 Å². The molecule has 0 atom stereocenters. The quantitative estimate of drug-likeness (QED) is 0.741. The van der Waals surface area contributed by atoms with Gasteiger partial charge in [0.25, 0.3) is 5.91 Å². The average Bonchev–Trinajstić information content (AvgIpc) is 2.46. The number of likely N-dealkylation sites (tertiary alicyclic amines) is 1. The van der Waals surface area contributed by atoms with E-state index >= 15 is 0 Å². The number of ether oxygens (including phenoxy) is 1. The molecule has 0 aromatic heterocycles. The molecule has 0 aromatic carbocycles. The van der Waals surface area contributed by atoms with Gasteiger partial charge in [0.1, 0.15) is 5.71 Å². The lowest BCUT2D eigenvalue weighted by Crippen LogP contribution is -2.41. The topological polar surface area (TPSA) is 88.1 Å². The summed E-state index contributed by atoms with van der Waals surface area (Å²) in [6, 6.07) is 0. The van der Waals surface area contributed by atoms with Crippen molar-refractivity contribution in [1.82, 2.24) is 10.3 Å². The Hall–Kier alpha value is -1.92. The standard InChI is InChI=1S/C13H19N3O4/c1-9-4-6-16(7-5-9)12(18)8-20-13(19)10-2-3-11(17)15-14-10/h9H,2-8H2,1H3,(H,15,17). The maximum absolute atomic E-state index is 11.9. The number of piperidine rings is 1. The van der Waals surface area contributed by atoms with Gasteiger partial charge in [-0.1, -0.05) is 6.92 Å². The van der Waals surface area contributed by atoms with Crippen LogP contribution in [0.2, 0.25) is 0 Å². The lowest BCUT2D eigenvalue weighted by molar-refractivity contribution is -0.147. The van der Waals surface area contributed by atoms with Crippen LogP contribution in [0.1, 0.15) is 32.6 Å². The zero-order chi connectivity index (χ0) is 14.5. The van der Waals surface area contributed by atoms with Gasteiger partial charge in [-0.15, -0.1) is 0 Å². The number of hydrogen-bond acceptors (Lipinski definition) is 5. The summed E-state index contributed by atoms with van der Waals surface area (Å²) in [5, 5.41) is 3.63. The summed E-state index contributed by atoms with van der Waals surface area (Å²) in [5.41, 5.74) is 2.38. The SMILES string of the molecule is CC1CCN(C(=O)COC(=O)C2=NNC(=O)CC2)CC1. The number of nitrogens with zero attached hydrogens (tertiary/aromatic N) is 2. The summed E-state index contributed by atoms with van der Waals surface area (Å²) >= 11 is 0. The van der Waals surface area contributed by atoms with E-state index in [1.54, 1.807) is 4.90 Å². The number of carbonyl (C=O) groups excluding carboxylic acids is 3. The van der Waals surface area contributed by atoms with E-state index in [0.717, 1.165) is 12.8 Å². The van der Waals surface area contributed by atoms with Gasteiger partial charge >= 0.3 is 5.97 Å². The predicted octanol–water partition coefficient (Wildman–Crippen LogP) is 0.0541. The molecule has 110 valence electrons. The summed E-state index contributed by atoms with van der Waals surface area (Å²) in [4.78, 5) is 36.2. The number of hydrazone groups is 1. The first kappa shape index (κ1) is 14.5. The number of rotatable bonds is 3. The first-order valence-electron chi connectivity index (χ1n) is 6.86. The van der Waals surface area contributed by atoms with Gasteiger partial charge in [0.15, 0.2) is 6.61 Å². The van der Waals surface area contributed by atoms with Crippen LogP contribution in [0.3, 0.4) is 0 Å². The Balaban J connectivity index is 1.76. The molecule has 7 nitrogen and oxygen atoms in total. The number of nitrogens with one attached hydrogen (secondary N) is 1. The van der Waals surface area contributed by atoms with Gasteiger partial charge in [0.05, 0.1) is 0 Å². The molecule has 2 rings (SSSR count). The van der Waals surface area contributed by atoms with Gasteiger partial charge in [0.2, 0.25) is 5.91 Å². The second kappa shape index (κ2) is 6.49. The highest BCUT2D eigenvalue weighted by molar-refractivity contribution is 6.37. The lowest BCUT2D eigenvalue weighted by Gasteiger charge is -2.30. The van der Waals surface area contributed by atoms with E-state index in [9.17, 15) is 14.4 Å². The summed E-state index contributed by atoms with van der Waals surface area (Å²) in [6.07, 6.45) is 2.43. The van der Waals surface area contributed by atoms with Gasteiger partial charge in [-0.25, -0.2) is 10.2 Å². The molecule has 2 heterocycles. The third kappa shape index (κ3) is 3.79. The molecule has 0 spiro atoms. The molecule has 0 bridgehead atoms. The van der Waals surface area contributed by atoms with Crippen LogP contribution in [0.5, 0.6) is 0 Å². The molecule has 2 amide bonds. The molecule has 1 saturated heterocycles. The highest BCUT2D eigenvalue weighted by Crippen LogP contribution is 2.15. The summed E-state index contributed by atoms with van der Waals surface area (Å²) < 4.78 is 4.95. The van der Waals surface area contributed by atoms with Crippen LogP contribution in [0.25, 0.3) is 0 Å². The smallest absolute Gasteiger partial charge is 0.355 e. The predicted molar refractivity (Wildman–Crippen MR) is 70.7 cm³/mol. The van der Waals surface area contributed by atoms with Crippen LogP contribution in [0.15, 0.2) is 5.10 Å². The minimum Gasteiger partial charge on any atom is -0.451 e. The van der Waals surface area contributed by atoms with E-state index in [1.807, 2.05) is 0 Å². The second-order valence-electron chi connectivity index (χ2n) is 5.23. The van der Waals surface area contributed by atoms with E-state index in [1.165, 1.54) is 0 Å². The summed E-state index contributed by atoms with van der Waals surface area (Å²) in [7, 11) is 0. The molecule has 0 aliphatic carbocycles. The Morgan fingerprint density at radius 1 is 1.35 bits per heavy atom. The van der Waals surface area contributed by atoms with Gasteiger partial charge in [-0.3, -0.25) is 9.59 Å². The van der Waals surface area contributed by atoms with Gasteiger partial charge in [0, 0.05) is 25.9 Å². The van der Waals surface area contributed by atoms with Crippen molar-refractivity contribution in [2.24, 2.45) is 11.0 Å². The van der Waals surface area contributed by atoms with Crippen molar-refractivity contribution in [3.63, 3.8) is 0 Å². The van der Waals surface area contributed by atoms with Crippen LogP contribution in [-0.4, -0.2) is 48.1 Å². The molecule has 7 heteroatoms. The molecule has 0 saturated carbocycles. The Labute approximate surface area is 117 Å². The van der Waals surface area contributed by atoms with Gasteiger partial charge in [-0.2, -0.15) is 5.10 Å². The van der Waals surface area contributed by atoms with Crippen molar-refractivity contribution < 1.29 is 19.1 Å². The van der Waals surface area contributed by atoms with E-state index < -0.39 is 5.97 Å². The fourth-order valence-electron chi connectivity index (χ4n) is 2.18. The van der Waals surface area contributed by atoms with Crippen molar-refractivity contribution >= 4 is 23.5 Å². The molecule has 20 heavy (non-hydrogen) atoms. The molecular formula is C13H19N3O4. The van der Waals surface area contributed by atoms with E-state index in [-0.39, 0.29) is 37.0 Å². The van der Waals surface area contributed by atoms with Crippen LogP contribution in [-0.2, 0) is 19.1 Å². The summed E-state index contributed by atoms with van der Waals surface area (Å²) in [6.45, 7) is 3.33. The number of carbonyl (C=O) groups is 3. The van der Waals surface area contributed by atoms with Gasteiger partial charge in [-0.05, 0) is 18.8 Å².